The summed E-state index contributed by atoms with van der Waals surface area (Å²) in [6, 6.07) is 3.67. The Balaban J connectivity index is 1.93. The quantitative estimate of drug-likeness (QED) is 0.181. The summed E-state index contributed by atoms with van der Waals surface area (Å²) in [5.41, 5.74) is -3.07. The van der Waals surface area contributed by atoms with Gasteiger partial charge in [-0.2, -0.15) is 18.3 Å². The number of rotatable bonds is 11. The molecule has 1 aliphatic rings. The van der Waals surface area contributed by atoms with Crippen LogP contribution in [0.4, 0.5) is 13.2 Å². The second-order valence-corrected chi connectivity index (χ2v) is 10.7. The van der Waals surface area contributed by atoms with Crippen molar-refractivity contribution in [3.8, 4) is 0 Å². The van der Waals surface area contributed by atoms with Gasteiger partial charge in [-0.1, -0.05) is 42.6 Å². The minimum atomic E-state index is -4.94. The summed E-state index contributed by atoms with van der Waals surface area (Å²) in [6.07, 6.45) is -2.05. The number of carbonyl (C=O) groups excluding carboxylic acids is 2. The number of ketones is 1. The molecular weight excluding hydrogens is 562 g/mol. The summed E-state index contributed by atoms with van der Waals surface area (Å²) in [6.45, 7) is 2.65. The van der Waals surface area contributed by atoms with Crippen molar-refractivity contribution in [1.29, 1.82) is 0 Å². The first-order valence-electron chi connectivity index (χ1n) is 12.5. The molecule has 1 fully saturated rings. The number of carboxylic acids is 1. The van der Waals surface area contributed by atoms with Gasteiger partial charge in [-0.25, -0.2) is 0 Å². The molecule has 1 N–H and O–H groups in total. The molecule has 1 aliphatic carbocycles. The number of ether oxygens (including phenoxy) is 1. The van der Waals surface area contributed by atoms with Gasteiger partial charge in [0.1, 0.15) is 6.73 Å². The normalized spacial score (nSPS) is 19.6. The van der Waals surface area contributed by atoms with Crippen molar-refractivity contribution >= 4 is 40.9 Å². The van der Waals surface area contributed by atoms with Crippen LogP contribution in [0.5, 0.6) is 0 Å². The van der Waals surface area contributed by atoms with E-state index < -0.39 is 59.8 Å². The van der Waals surface area contributed by atoms with Crippen LogP contribution in [0, 0.1) is 5.41 Å². The molecule has 0 spiro atoms. The average molecular weight is 592 g/mol. The van der Waals surface area contributed by atoms with Gasteiger partial charge in [0.25, 0.3) is 5.91 Å². The SMILES string of the molecule is CCCCOCN(CC(=O)c1c(Cl)cccc1Cl)C(=O)c1cnn(C2CCC(C)(C(=O)O)CC2)c1C(F)(F)F. The van der Waals surface area contributed by atoms with Gasteiger partial charge < -0.3 is 14.7 Å². The molecule has 13 heteroatoms. The first kappa shape index (κ1) is 30.9. The highest BCUT2D eigenvalue weighted by Crippen LogP contribution is 2.43. The summed E-state index contributed by atoms with van der Waals surface area (Å²) in [7, 11) is 0. The minimum Gasteiger partial charge on any atom is -0.481 e. The van der Waals surface area contributed by atoms with Gasteiger partial charge in [-0.3, -0.25) is 19.1 Å². The fourth-order valence-corrected chi connectivity index (χ4v) is 5.17. The third kappa shape index (κ3) is 7.12. The average Bonchev–Trinajstić information content (AvgIpc) is 3.32. The van der Waals surface area contributed by atoms with Gasteiger partial charge in [-0.15, -0.1) is 0 Å². The molecule has 0 radical (unpaired) electrons. The molecule has 1 aromatic heterocycles. The molecule has 1 saturated carbocycles. The number of nitrogens with zero attached hydrogens (tertiary/aromatic N) is 3. The molecule has 0 atom stereocenters. The Labute approximate surface area is 234 Å². The van der Waals surface area contributed by atoms with Crippen LogP contribution in [0.3, 0.4) is 0 Å². The third-order valence-electron chi connectivity index (χ3n) is 6.97. The molecule has 214 valence electrons. The Bertz CT molecular complexity index is 1190. The number of aliphatic carboxylic acids is 1. The van der Waals surface area contributed by atoms with Crippen LogP contribution in [0.2, 0.25) is 10.0 Å². The maximum absolute atomic E-state index is 14.3. The first-order chi connectivity index (χ1) is 18.3. The molecule has 3 rings (SSSR count). The zero-order valence-corrected chi connectivity index (χ0v) is 23.1. The van der Waals surface area contributed by atoms with Crippen molar-refractivity contribution in [1.82, 2.24) is 14.7 Å². The molecule has 1 amide bonds. The number of alkyl halides is 3. The molecule has 0 unspecified atom stereocenters. The predicted octanol–water partition coefficient (Wildman–Crippen LogP) is 6.51. The number of hydrogen-bond acceptors (Lipinski definition) is 5. The van der Waals surface area contributed by atoms with E-state index in [0.717, 1.165) is 22.2 Å². The van der Waals surface area contributed by atoms with E-state index in [2.05, 4.69) is 5.10 Å². The number of aromatic nitrogens is 2. The standard InChI is InChI=1S/C26H30Cl2F3N3O5/c1-3-4-12-39-15-33(14-20(35)21-18(27)6-5-7-19(21)28)23(36)17-13-32-34(22(17)26(29,30)31)16-8-10-25(2,11-9-16)24(37)38/h5-7,13,16H,3-4,8-12,14-15H2,1-2H3,(H,37,38). The molecule has 1 aromatic carbocycles. The summed E-state index contributed by atoms with van der Waals surface area (Å²) < 4.78 is 49.2. The van der Waals surface area contributed by atoms with Crippen LogP contribution in [0.1, 0.15) is 84.8 Å². The number of hydrogen-bond donors (Lipinski definition) is 1. The van der Waals surface area contributed by atoms with E-state index >= 15 is 0 Å². The highest BCUT2D eigenvalue weighted by Gasteiger charge is 2.45. The van der Waals surface area contributed by atoms with Crippen LogP contribution >= 0.6 is 23.2 Å². The number of amides is 1. The molecule has 2 aromatic rings. The zero-order valence-electron chi connectivity index (χ0n) is 21.6. The molecule has 39 heavy (non-hydrogen) atoms. The fourth-order valence-electron chi connectivity index (χ4n) is 4.56. The van der Waals surface area contributed by atoms with E-state index in [-0.39, 0.29) is 47.9 Å². The van der Waals surface area contributed by atoms with Crippen molar-refractivity contribution in [2.75, 3.05) is 19.9 Å². The first-order valence-corrected chi connectivity index (χ1v) is 13.3. The summed E-state index contributed by atoms with van der Waals surface area (Å²) in [4.78, 5) is 39.0. The van der Waals surface area contributed by atoms with Crippen molar-refractivity contribution in [3.05, 3.63) is 51.3 Å². The lowest BCUT2D eigenvalue weighted by Crippen LogP contribution is -2.39. The van der Waals surface area contributed by atoms with Crippen molar-refractivity contribution in [2.45, 2.75) is 64.6 Å². The van der Waals surface area contributed by atoms with E-state index in [1.807, 2.05) is 6.92 Å². The van der Waals surface area contributed by atoms with Gasteiger partial charge in [0.2, 0.25) is 0 Å². The van der Waals surface area contributed by atoms with Gasteiger partial charge in [0, 0.05) is 6.61 Å². The second-order valence-electron chi connectivity index (χ2n) is 9.86. The highest BCUT2D eigenvalue weighted by molar-refractivity contribution is 6.40. The van der Waals surface area contributed by atoms with Gasteiger partial charge >= 0.3 is 12.1 Å². The van der Waals surface area contributed by atoms with E-state index in [1.54, 1.807) is 6.92 Å². The molecule has 0 aliphatic heterocycles. The Kier molecular flexibility index (Phi) is 10.1. The monoisotopic (exact) mass is 591 g/mol. The van der Waals surface area contributed by atoms with Crippen LogP contribution in [-0.4, -0.2) is 57.3 Å². The number of Topliss-reactive ketones (excluding diaryl/α,β-unsaturated/α-hetero) is 1. The molecule has 1 heterocycles. The number of halogens is 5. The predicted molar refractivity (Wildman–Crippen MR) is 138 cm³/mol. The fraction of sp³-hybridized carbons (Fsp3) is 0.538. The Morgan fingerprint density at radius 2 is 1.82 bits per heavy atom. The van der Waals surface area contributed by atoms with Gasteiger partial charge in [0.15, 0.2) is 11.5 Å². The Morgan fingerprint density at radius 1 is 1.21 bits per heavy atom. The summed E-state index contributed by atoms with van der Waals surface area (Å²) in [5.74, 6) is -2.76. The van der Waals surface area contributed by atoms with E-state index in [9.17, 15) is 32.7 Å². The van der Waals surface area contributed by atoms with Crippen LogP contribution in [0.15, 0.2) is 24.4 Å². The molecular formula is C26H30Cl2F3N3O5. The minimum absolute atomic E-state index is 0.0428. The molecule has 8 nitrogen and oxygen atoms in total. The van der Waals surface area contributed by atoms with Crippen LogP contribution < -0.4 is 0 Å². The lowest BCUT2D eigenvalue weighted by molar-refractivity contribution is -0.152. The lowest BCUT2D eigenvalue weighted by Gasteiger charge is -2.34. The van der Waals surface area contributed by atoms with Crippen molar-refractivity contribution < 1.29 is 37.4 Å². The van der Waals surface area contributed by atoms with Gasteiger partial charge in [-0.05, 0) is 51.2 Å². The number of carbonyl (C=O) groups is 3. The number of benzene rings is 1. The zero-order chi connectivity index (χ0) is 29.0. The van der Waals surface area contributed by atoms with E-state index in [0.29, 0.717) is 6.42 Å². The highest BCUT2D eigenvalue weighted by atomic mass is 35.5. The number of carboxylic acid groups (broad SMARTS) is 1. The number of unbranched alkanes of at least 4 members (excludes halogenated alkanes) is 1. The smallest absolute Gasteiger partial charge is 0.433 e. The van der Waals surface area contributed by atoms with E-state index in [1.165, 1.54) is 18.2 Å². The van der Waals surface area contributed by atoms with Crippen molar-refractivity contribution in [3.63, 3.8) is 0 Å². The van der Waals surface area contributed by atoms with Crippen LogP contribution in [-0.2, 0) is 15.7 Å². The van der Waals surface area contributed by atoms with Gasteiger partial charge in [0.05, 0.1) is 45.4 Å². The maximum Gasteiger partial charge on any atom is 0.433 e. The third-order valence-corrected chi connectivity index (χ3v) is 7.60. The second kappa shape index (κ2) is 12.7. The Hall–Kier alpha value is -2.63. The largest absolute Gasteiger partial charge is 0.481 e. The maximum atomic E-state index is 14.3. The lowest BCUT2D eigenvalue weighted by atomic mass is 9.74. The summed E-state index contributed by atoms with van der Waals surface area (Å²) in [5, 5.41) is 13.5. The Morgan fingerprint density at radius 3 is 2.36 bits per heavy atom. The van der Waals surface area contributed by atoms with E-state index in [4.69, 9.17) is 27.9 Å². The molecule has 0 saturated heterocycles. The van der Waals surface area contributed by atoms with Crippen LogP contribution in [0.25, 0.3) is 0 Å². The summed E-state index contributed by atoms with van der Waals surface area (Å²) >= 11 is 12.3. The molecule has 0 bridgehead atoms. The van der Waals surface area contributed by atoms with Crippen molar-refractivity contribution in [2.24, 2.45) is 5.41 Å². The topological polar surface area (TPSA) is 102 Å².